The van der Waals surface area contributed by atoms with Gasteiger partial charge in [0.05, 0.1) is 18.5 Å². The summed E-state index contributed by atoms with van der Waals surface area (Å²) < 4.78 is 21.7. The Morgan fingerprint density at radius 1 is 1.73 bits per heavy atom. The van der Waals surface area contributed by atoms with E-state index in [0.29, 0.717) is 12.4 Å². The number of hydrogen-bond acceptors (Lipinski definition) is 4. The number of methoxy groups -OCH3 is 1. The lowest BCUT2D eigenvalue weighted by Gasteiger charge is -2.14. The van der Waals surface area contributed by atoms with Gasteiger partial charge in [-0.15, -0.1) is 0 Å². The number of carboxylic acid groups (broad SMARTS) is 1. The molecule has 0 saturated carbocycles. The van der Waals surface area contributed by atoms with Gasteiger partial charge in [-0.05, 0) is 12.8 Å². The fourth-order valence-electron chi connectivity index (χ4n) is 1.49. The van der Waals surface area contributed by atoms with Crippen LogP contribution in [0.2, 0.25) is 0 Å². The zero-order valence-electron chi connectivity index (χ0n) is 8.68. The van der Waals surface area contributed by atoms with E-state index in [1.54, 1.807) is 0 Å². The quantitative estimate of drug-likeness (QED) is 0.703. The second-order valence-corrected chi connectivity index (χ2v) is 5.13. The number of aliphatic carboxylic acids is 1. The minimum atomic E-state index is -1.43. The van der Waals surface area contributed by atoms with E-state index in [4.69, 9.17) is 14.6 Å². The molecule has 1 heterocycles. The molecule has 0 aliphatic carbocycles. The molecule has 0 aromatic heterocycles. The zero-order chi connectivity index (χ0) is 11.3. The summed E-state index contributed by atoms with van der Waals surface area (Å²) in [7, 11) is -0.0252. The third-order valence-electron chi connectivity index (χ3n) is 2.28. The molecule has 1 N–H and O–H groups in total. The van der Waals surface area contributed by atoms with Crippen molar-refractivity contribution in [3.05, 3.63) is 0 Å². The van der Waals surface area contributed by atoms with Crippen LogP contribution < -0.4 is 0 Å². The summed E-state index contributed by atoms with van der Waals surface area (Å²) in [6, 6.07) is 0. The number of ether oxygens (including phenoxy) is 2. The molecule has 1 saturated heterocycles. The molecule has 6 heteroatoms. The fraction of sp³-hybridized carbons (Fsp3) is 0.889. The fourth-order valence-corrected chi connectivity index (χ4v) is 2.86. The SMILES string of the molecule is COCC(C(=O)O)S(=O)CC1CCCO1. The summed E-state index contributed by atoms with van der Waals surface area (Å²) in [6.45, 7) is 0.665. The van der Waals surface area contributed by atoms with Crippen LogP contribution in [-0.4, -0.2) is 52.7 Å². The van der Waals surface area contributed by atoms with E-state index in [1.807, 2.05) is 0 Å². The van der Waals surface area contributed by atoms with Gasteiger partial charge in [0, 0.05) is 24.5 Å². The van der Waals surface area contributed by atoms with E-state index in [-0.39, 0.29) is 12.7 Å². The summed E-state index contributed by atoms with van der Waals surface area (Å²) in [5.74, 6) is -0.784. The van der Waals surface area contributed by atoms with E-state index in [9.17, 15) is 9.00 Å². The molecular weight excluding hydrogens is 220 g/mol. The molecule has 1 aliphatic heterocycles. The highest BCUT2D eigenvalue weighted by Crippen LogP contribution is 2.14. The van der Waals surface area contributed by atoms with Gasteiger partial charge in [-0.1, -0.05) is 0 Å². The molecular formula is C9H16O5S. The van der Waals surface area contributed by atoms with Crippen molar-refractivity contribution in [2.75, 3.05) is 26.1 Å². The van der Waals surface area contributed by atoms with Crippen molar-refractivity contribution in [2.24, 2.45) is 0 Å². The molecule has 3 unspecified atom stereocenters. The smallest absolute Gasteiger partial charge is 0.321 e. The van der Waals surface area contributed by atoms with Crippen molar-refractivity contribution >= 4 is 16.8 Å². The summed E-state index contributed by atoms with van der Waals surface area (Å²) in [6.07, 6.45) is 1.78. The van der Waals surface area contributed by atoms with Gasteiger partial charge in [-0.25, -0.2) is 0 Å². The van der Waals surface area contributed by atoms with E-state index in [1.165, 1.54) is 7.11 Å². The number of carbonyl (C=O) groups is 1. The van der Waals surface area contributed by atoms with Crippen LogP contribution in [0.15, 0.2) is 0 Å². The number of carboxylic acids is 1. The molecule has 0 bridgehead atoms. The first-order valence-electron chi connectivity index (χ1n) is 4.85. The Morgan fingerprint density at radius 2 is 2.47 bits per heavy atom. The topological polar surface area (TPSA) is 72.8 Å². The third-order valence-corrected chi connectivity index (χ3v) is 3.96. The van der Waals surface area contributed by atoms with Gasteiger partial charge in [-0.3, -0.25) is 9.00 Å². The van der Waals surface area contributed by atoms with Gasteiger partial charge in [0.2, 0.25) is 0 Å². The largest absolute Gasteiger partial charge is 0.480 e. The molecule has 0 spiro atoms. The van der Waals surface area contributed by atoms with Crippen molar-refractivity contribution in [1.82, 2.24) is 0 Å². The summed E-state index contributed by atoms with van der Waals surface area (Å²) in [4.78, 5) is 10.8. The molecule has 1 fully saturated rings. The average Bonchev–Trinajstić information content (AvgIpc) is 2.65. The van der Waals surface area contributed by atoms with Gasteiger partial charge >= 0.3 is 5.97 Å². The standard InChI is InChI=1S/C9H16O5S/c1-13-5-8(9(10)11)15(12)6-7-3-2-4-14-7/h7-8H,2-6H2,1H3,(H,10,11). The van der Waals surface area contributed by atoms with Crippen LogP contribution in [0.25, 0.3) is 0 Å². The minimum Gasteiger partial charge on any atom is -0.480 e. The second kappa shape index (κ2) is 6.19. The van der Waals surface area contributed by atoms with Crippen molar-refractivity contribution in [1.29, 1.82) is 0 Å². The van der Waals surface area contributed by atoms with E-state index < -0.39 is 22.0 Å². The maximum atomic E-state index is 11.7. The van der Waals surface area contributed by atoms with Gasteiger partial charge in [0.25, 0.3) is 0 Å². The van der Waals surface area contributed by atoms with E-state index >= 15 is 0 Å². The van der Waals surface area contributed by atoms with Gasteiger partial charge in [0.1, 0.15) is 0 Å². The minimum absolute atomic E-state index is 0.0192. The Kier molecular flexibility index (Phi) is 5.21. The lowest BCUT2D eigenvalue weighted by atomic mass is 10.3. The highest BCUT2D eigenvalue weighted by Gasteiger charge is 2.28. The van der Waals surface area contributed by atoms with Crippen molar-refractivity contribution in [2.45, 2.75) is 24.2 Å². The Morgan fingerprint density at radius 3 is 2.93 bits per heavy atom. The summed E-state index contributed by atoms with van der Waals surface area (Å²) >= 11 is 0. The van der Waals surface area contributed by atoms with Crippen LogP contribution in [0.1, 0.15) is 12.8 Å². The van der Waals surface area contributed by atoms with Crippen LogP contribution >= 0.6 is 0 Å². The zero-order valence-corrected chi connectivity index (χ0v) is 9.50. The average molecular weight is 236 g/mol. The first-order chi connectivity index (χ1) is 7.15. The predicted molar refractivity (Wildman–Crippen MR) is 55.3 cm³/mol. The molecule has 0 aromatic carbocycles. The lowest BCUT2D eigenvalue weighted by molar-refractivity contribution is -0.137. The monoisotopic (exact) mass is 236 g/mol. The summed E-state index contributed by atoms with van der Waals surface area (Å²) in [5.41, 5.74) is 0. The highest BCUT2D eigenvalue weighted by molar-refractivity contribution is 7.86. The van der Waals surface area contributed by atoms with Crippen molar-refractivity contribution in [3.63, 3.8) is 0 Å². The third kappa shape index (κ3) is 3.89. The Hall–Kier alpha value is -0.460. The molecule has 0 aromatic rings. The Bertz CT molecular complexity index is 237. The lowest BCUT2D eigenvalue weighted by Crippen LogP contribution is -2.34. The van der Waals surface area contributed by atoms with Gasteiger partial charge in [0.15, 0.2) is 5.25 Å². The van der Waals surface area contributed by atoms with Crippen LogP contribution in [0.3, 0.4) is 0 Å². The highest BCUT2D eigenvalue weighted by atomic mass is 32.2. The van der Waals surface area contributed by atoms with Crippen molar-refractivity contribution in [3.8, 4) is 0 Å². The molecule has 15 heavy (non-hydrogen) atoms. The first kappa shape index (κ1) is 12.6. The Balaban J connectivity index is 2.44. The van der Waals surface area contributed by atoms with E-state index in [2.05, 4.69) is 0 Å². The molecule has 3 atom stereocenters. The van der Waals surface area contributed by atoms with E-state index in [0.717, 1.165) is 12.8 Å². The maximum absolute atomic E-state index is 11.7. The second-order valence-electron chi connectivity index (χ2n) is 3.46. The van der Waals surface area contributed by atoms with Crippen LogP contribution in [0.4, 0.5) is 0 Å². The molecule has 88 valence electrons. The van der Waals surface area contributed by atoms with Gasteiger partial charge in [-0.2, -0.15) is 0 Å². The normalized spacial score (nSPS) is 25.0. The molecule has 5 nitrogen and oxygen atoms in total. The molecule has 0 amide bonds. The Labute approximate surface area is 91.2 Å². The van der Waals surface area contributed by atoms with Crippen LogP contribution in [0, 0.1) is 0 Å². The first-order valence-corrected chi connectivity index (χ1v) is 6.24. The predicted octanol–water partition coefficient (Wildman–Crippen LogP) is 0.0137. The number of rotatable bonds is 6. The summed E-state index contributed by atoms with van der Waals surface area (Å²) in [5, 5.41) is 7.89. The van der Waals surface area contributed by atoms with Crippen LogP contribution in [-0.2, 0) is 25.1 Å². The van der Waals surface area contributed by atoms with Crippen LogP contribution in [0.5, 0.6) is 0 Å². The molecule has 1 aliphatic rings. The number of hydrogen-bond donors (Lipinski definition) is 1. The molecule has 0 radical (unpaired) electrons. The molecule has 1 rings (SSSR count). The maximum Gasteiger partial charge on any atom is 0.321 e. The van der Waals surface area contributed by atoms with Gasteiger partial charge < -0.3 is 14.6 Å². The van der Waals surface area contributed by atoms with Crippen molar-refractivity contribution < 1.29 is 23.6 Å².